The molecule has 0 spiro atoms. The Bertz CT molecular complexity index is 1350. The summed E-state index contributed by atoms with van der Waals surface area (Å²) in [7, 11) is 0. The summed E-state index contributed by atoms with van der Waals surface area (Å²) in [5, 5.41) is 12.5. The number of aliphatic carboxylic acids is 1. The van der Waals surface area contributed by atoms with Crippen LogP contribution in [0, 0.1) is 6.92 Å². The Labute approximate surface area is 225 Å². The van der Waals surface area contributed by atoms with Crippen LogP contribution in [0.3, 0.4) is 0 Å². The van der Waals surface area contributed by atoms with Gasteiger partial charge in [0, 0.05) is 25.1 Å². The molecular formula is C29H26Cl2N2O4. The van der Waals surface area contributed by atoms with Crippen LogP contribution in [0.5, 0.6) is 0 Å². The quantitative estimate of drug-likeness (QED) is 0.408. The fourth-order valence-electron chi connectivity index (χ4n) is 4.33. The van der Waals surface area contributed by atoms with Gasteiger partial charge in [-0.05, 0) is 53.8 Å². The van der Waals surface area contributed by atoms with Gasteiger partial charge < -0.3 is 15.3 Å². The van der Waals surface area contributed by atoms with Crippen molar-refractivity contribution in [2.45, 2.75) is 25.8 Å². The zero-order chi connectivity index (χ0) is 26.5. The monoisotopic (exact) mass is 536 g/mol. The standard InChI is InChI=1S/C29H26Cl2N2O4/c1-18-5-2-3-6-22(18)28(35)33-15-13-21(14-16-33)20-11-9-19(10-12-20)17-25(29(36)37)32-27(34)26-23(30)7-4-8-24(26)31/h2-13,25H,14-17H2,1H3,(H,32,34)(H,36,37)/t25-/m0/s1. The molecule has 37 heavy (non-hydrogen) atoms. The van der Waals surface area contributed by atoms with Crippen molar-refractivity contribution in [2.24, 2.45) is 0 Å². The van der Waals surface area contributed by atoms with Crippen molar-refractivity contribution in [3.05, 3.63) is 111 Å². The van der Waals surface area contributed by atoms with Gasteiger partial charge in [-0.3, -0.25) is 9.59 Å². The molecule has 0 aromatic heterocycles. The highest BCUT2D eigenvalue weighted by Crippen LogP contribution is 2.26. The second-order valence-corrected chi connectivity index (χ2v) is 9.72. The molecule has 2 amide bonds. The number of carbonyl (C=O) groups is 3. The van der Waals surface area contributed by atoms with Crippen LogP contribution in [-0.2, 0) is 11.2 Å². The molecule has 190 valence electrons. The van der Waals surface area contributed by atoms with Crippen LogP contribution in [-0.4, -0.2) is 46.9 Å². The molecule has 3 aromatic rings. The minimum absolute atomic E-state index is 0.0311. The summed E-state index contributed by atoms with van der Waals surface area (Å²) in [5.74, 6) is -1.77. The maximum atomic E-state index is 12.9. The first kappa shape index (κ1) is 26.5. The molecule has 1 aliphatic heterocycles. The van der Waals surface area contributed by atoms with Crippen molar-refractivity contribution in [3.8, 4) is 0 Å². The topological polar surface area (TPSA) is 86.7 Å². The van der Waals surface area contributed by atoms with E-state index in [1.807, 2.05) is 60.4 Å². The fraction of sp³-hybridized carbons (Fsp3) is 0.207. The zero-order valence-electron chi connectivity index (χ0n) is 20.2. The van der Waals surface area contributed by atoms with E-state index in [4.69, 9.17) is 23.2 Å². The van der Waals surface area contributed by atoms with E-state index >= 15 is 0 Å². The Balaban J connectivity index is 1.40. The fourth-order valence-corrected chi connectivity index (χ4v) is 4.90. The average Bonchev–Trinajstić information content (AvgIpc) is 2.88. The number of halogens is 2. The first-order chi connectivity index (χ1) is 17.7. The molecular weight excluding hydrogens is 511 g/mol. The van der Waals surface area contributed by atoms with Gasteiger partial charge in [0.05, 0.1) is 15.6 Å². The van der Waals surface area contributed by atoms with E-state index in [0.29, 0.717) is 13.1 Å². The number of nitrogens with one attached hydrogen (secondary N) is 1. The predicted molar refractivity (Wildman–Crippen MR) is 145 cm³/mol. The predicted octanol–water partition coefficient (Wildman–Crippen LogP) is 5.66. The van der Waals surface area contributed by atoms with E-state index in [2.05, 4.69) is 11.4 Å². The number of carboxylic acids is 1. The molecule has 6 nitrogen and oxygen atoms in total. The third kappa shape index (κ3) is 6.21. The van der Waals surface area contributed by atoms with Gasteiger partial charge in [-0.25, -0.2) is 4.79 Å². The molecule has 0 unspecified atom stereocenters. The van der Waals surface area contributed by atoms with Gasteiger partial charge in [0.25, 0.3) is 11.8 Å². The Kier molecular flexibility index (Phi) is 8.31. The van der Waals surface area contributed by atoms with E-state index in [1.54, 1.807) is 6.07 Å². The van der Waals surface area contributed by atoms with Crippen LogP contribution >= 0.6 is 23.2 Å². The lowest BCUT2D eigenvalue weighted by atomic mass is 9.96. The molecule has 8 heteroatoms. The molecule has 0 saturated heterocycles. The summed E-state index contributed by atoms with van der Waals surface area (Å²) in [6.07, 6.45) is 2.88. The summed E-state index contributed by atoms with van der Waals surface area (Å²) in [6, 6.07) is 18.7. The molecule has 0 bridgehead atoms. The van der Waals surface area contributed by atoms with E-state index in [-0.39, 0.29) is 27.9 Å². The second kappa shape index (κ2) is 11.6. The van der Waals surface area contributed by atoms with Crippen LogP contribution in [0.15, 0.2) is 72.8 Å². The van der Waals surface area contributed by atoms with Gasteiger partial charge in [0.2, 0.25) is 0 Å². The summed E-state index contributed by atoms with van der Waals surface area (Å²) >= 11 is 12.2. The van der Waals surface area contributed by atoms with Crippen LogP contribution in [0.25, 0.3) is 5.57 Å². The summed E-state index contributed by atoms with van der Waals surface area (Å²) in [4.78, 5) is 39.2. The van der Waals surface area contributed by atoms with E-state index in [0.717, 1.165) is 34.2 Å². The van der Waals surface area contributed by atoms with Gasteiger partial charge >= 0.3 is 5.97 Å². The Morgan fingerprint density at radius 1 is 0.973 bits per heavy atom. The number of carboxylic acid groups (broad SMARTS) is 1. The third-order valence-electron chi connectivity index (χ3n) is 6.43. The van der Waals surface area contributed by atoms with Gasteiger partial charge in [-0.1, -0.05) is 77.8 Å². The number of rotatable bonds is 7. The number of aryl methyl sites for hydroxylation is 1. The van der Waals surface area contributed by atoms with Gasteiger partial charge in [0.15, 0.2) is 0 Å². The van der Waals surface area contributed by atoms with E-state index in [9.17, 15) is 19.5 Å². The Morgan fingerprint density at radius 3 is 2.24 bits per heavy atom. The highest BCUT2D eigenvalue weighted by Gasteiger charge is 2.24. The average molecular weight is 537 g/mol. The number of benzene rings is 3. The number of amides is 2. The number of nitrogens with zero attached hydrogens (tertiary/aromatic N) is 1. The van der Waals surface area contributed by atoms with Crippen molar-refractivity contribution in [3.63, 3.8) is 0 Å². The number of hydrogen-bond acceptors (Lipinski definition) is 3. The lowest BCUT2D eigenvalue weighted by Gasteiger charge is -2.27. The van der Waals surface area contributed by atoms with Crippen LogP contribution in [0.1, 0.15) is 43.8 Å². The summed E-state index contributed by atoms with van der Waals surface area (Å²) < 4.78 is 0. The smallest absolute Gasteiger partial charge is 0.326 e. The second-order valence-electron chi connectivity index (χ2n) is 8.91. The molecule has 0 aliphatic carbocycles. The first-order valence-electron chi connectivity index (χ1n) is 11.9. The van der Waals surface area contributed by atoms with Crippen LogP contribution < -0.4 is 5.32 Å². The van der Waals surface area contributed by atoms with Crippen LogP contribution in [0.2, 0.25) is 10.0 Å². The Hall–Kier alpha value is -3.61. The lowest BCUT2D eigenvalue weighted by molar-refractivity contribution is -0.139. The maximum Gasteiger partial charge on any atom is 0.326 e. The largest absolute Gasteiger partial charge is 0.480 e. The zero-order valence-corrected chi connectivity index (χ0v) is 21.7. The van der Waals surface area contributed by atoms with Crippen molar-refractivity contribution in [1.82, 2.24) is 10.2 Å². The first-order valence-corrected chi connectivity index (χ1v) is 12.6. The summed E-state index contributed by atoms with van der Waals surface area (Å²) in [5.41, 5.74) is 4.65. The van der Waals surface area contributed by atoms with Gasteiger partial charge in [-0.2, -0.15) is 0 Å². The Morgan fingerprint density at radius 2 is 1.65 bits per heavy atom. The number of hydrogen-bond donors (Lipinski definition) is 2. The molecule has 1 heterocycles. The lowest BCUT2D eigenvalue weighted by Crippen LogP contribution is -2.42. The normalized spacial score (nSPS) is 14.0. The molecule has 0 radical (unpaired) electrons. The highest BCUT2D eigenvalue weighted by molar-refractivity contribution is 6.39. The minimum atomic E-state index is -1.16. The molecule has 0 saturated carbocycles. The molecule has 4 rings (SSSR count). The van der Waals surface area contributed by atoms with Crippen molar-refractivity contribution in [2.75, 3.05) is 13.1 Å². The molecule has 1 aliphatic rings. The van der Waals surface area contributed by atoms with E-state index in [1.165, 1.54) is 12.1 Å². The molecule has 3 aromatic carbocycles. The van der Waals surface area contributed by atoms with Crippen LogP contribution in [0.4, 0.5) is 0 Å². The third-order valence-corrected chi connectivity index (χ3v) is 7.06. The van der Waals surface area contributed by atoms with Crippen molar-refractivity contribution >= 4 is 46.6 Å². The van der Waals surface area contributed by atoms with Gasteiger partial charge in [0.1, 0.15) is 6.04 Å². The molecule has 1 atom stereocenters. The van der Waals surface area contributed by atoms with Crippen molar-refractivity contribution in [1.29, 1.82) is 0 Å². The number of carbonyl (C=O) groups excluding carboxylic acids is 2. The molecule has 2 N–H and O–H groups in total. The summed E-state index contributed by atoms with van der Waals surface area (Å²) in [6.45, 7) is 3.09. The van der Waals surface area contributed by atoms with Crippen molar-refractivity contribution < 1.29 is 19.5 Å². The SMILES string of the molecule is Cc1ccccc1C(=O)N1CC=C(c2ccc(C[C@H](NC(=O)c3c(Cl)cccc3Cl)C(=O)O)cc2)CC1. The van der Waals surface area contributed by atoms with Gasteiger partial charge in [-0.15, -0.1) is 0 Å². The molecule has 0 fully saturated rings. The highest BCUT2D eigenvalue weighted by atomic mass is 35.5. The maximum absolute atomic E-state index is 12.9. The van der Waals surface area contributed by atoms with E-state index < -0.39 is 17.9 Å². The minimum Gasteiger partial charge on any atom is -0.480 e.